The van der Waals surface area contributed by atoms with E-state index in [1.165, 1.54) is 36.7 Å². The van der Waals surface area contributed by atoms with E-state index < -0.39 is 4.92 Å². The molecule has 0 fully saturated rings. The number of nitrogens with one attached hydrogen (secondary N) is 1. The van der Waals surface area contributed by atoms with Crippen LogP contribution in [0.5, 0.6) is 11.5 Å². The number of hydrazone groups is 1. The van der Waals surface area contributed by atoms with Gasteiger partial charge in [-0.15, -0.1) is 0 Å². The highest BCUT2D eigenvalue weighted by Crippen LogP contribution is 2.34. The molecule has 1 heterocycles. The summed E-state index contributed by atoms with van der Waals surface area (Å²) in [5.74, 6) is 0.648. The Hall–Kier alpha value is -3.53. The van der Waals surface area contributed by atoms with Crippen LogP contribution in [0.1, 0.15) is 18.1 Å². The molecule has 0 bridgehead atoms. The van der Waals surface area contributed by atoms with Crippen LogP contribution < -0.4 is 14.9 Å². The van der Waals surface area contributed by atoms with E-state index in [-0.39, 0.29) is 23.9 Å². The fraction of sp³-hybridized carbons (Fsp3) is 0.143. The second-order valence-electron chi connectivity index (χ2n) is 6.17. The normalized spacial score (nSPS) is 10.8. The summed E-state index contributed by atoms with van der Waals surface area (Å²) < 4.78 is 25.5. The molecule has 1 aromatic heterocycles. The van der Waals surface area contributed by atoms with Crippen LogP contribution in [0, 0.1) is 15.9 Å². The number of rotatable bonds is 9. The van der Waals surface area contributed by atoms with Gasteiger partial charge in [-0.2, -0.15) is 5.10 Å². The van der Waals surface area contributed by atoms with Crippen molar-refractivity contribution in [3.63, 3.8) is 0 Å². The van der Waals surface area contributed by atoms with E-state index in [9.17, 15) is 14.5 Å². The van der Waals surface area contributed by atoms with Gasteiger partial charge in [0, 0.05) is 22.3 Å². The number of anilines is 1. The average Bonchev–Trinajstić information content (AvgIpc) is 2.75. The molecule has 0 aliphatic rings. The van der Waals surface area contributed by atoms with Gasteiger partial charge in [-0.3, -0.25) is 15.5 Å². The predicted molar refractivity (Wildman–Crippen MR) is 118 cm³/mol. The third-order valence-electron chi connectivity index (χ3n) is 4.00. The van der Waals surface area contributed by atoms with Crippen molar-refractivity contribution in [1.82, 2.24) is 4.98 Å². The number of benzene rings is 2. The molecule has 1 N–H and O–H groups in total. The number of hydrogen-bond acceptors (Lipinski definition) is 7. The van der Waals surface area contributed by atoms with E-state index in [0.29, 0.717) is 33.7 Å². The van der Waals surface area contributed by atoms with Crippen molar-refractivity contribution in [2.24, 2.45) is 5.10 Å². The molecule has 10 heteroatoms. The number of halogens is 2. The van der Waals surface area contributed by atoms with Gasteiger partial charge in [0.2, 0.25) is 5.82 Å². The molecule has 0 saturated carbocycles. The summed E-state index contributed by atoms with van der Waals surface area (Å²) in [5.41, 5.74) is 3.72. The molecule has 3 aromatic rings. The maximum Gasteiger partial charge on any atom is 0.313 e. The maximum atomic E-state index is 13.4. The molecular formula is C21H18BrFN4O4. The molecule has 0 aliphatic heterocycles. The molecule has 160 valence electrons. The van der Waals surface area contributed by atoms with E-state index in [2.05, 4.69) is 31.4 Å². The second-order valence-corrected chi connectivity index (χ2v) is 7.02. The third-order valence-corrected chi connectivity index (χ3v) is 4.69. The van der Waals surface area contributed by atoms with E-state index >= 15 is 0 Å². The lowest BCUT2D eigenvalue weighted by molar-refractivity contribution is -0.384. The minimum Gasteiger partial charge on any atom is -0.490 e. The number of pyridine rings is 1. The van der Waals surface area contributed by atoms with E-state index in [0.717, 1.165) is 0 Å². The first-order valence-electron chi connectivity index (χ1n) is 9.20. The van der Waals surface area contributed by atoms with Gasteiger partial charge in [-0.05, 0) is 58.7 Å². The Bertz CT molecular complexity index is 1110. The molecule has 8 nitrogen and oxygen atoms in total. The number of hydrogen-bond donors (Lipinski definition) is 1. The van der Waals surface area contributed by atoms with Crippen molar-refractivity contribution >= 4 is 33.6 Å². The van der Waals surface area contributed by atoms with Crippen molar-refractivity contribution in [3.05, 3.63) is 86.3 Å². The Labute approximate surface area is 186 Å². The minimum atomic E-state index is -0.543. The first-order chi connectivity index (χ1) is 15.0. The van der Waals surface area contributed by atoms with Gasteiger partial charge in [0.05, 0.1) is 17.7 Å². The van der Waals surface area contributed by atoms with Crippen LogP contribution in [0.2, 0.25) is 0 Å². The van der Waals surface area contributed by atoms with Gasteiger partial charge in [0.25, 0.3) is 0 Å². The van der Waals surface area contributed by atoms with Crippen LogP contribution in [0.15, 0.2) is 64.3 Å². The summed E-state index contributed by atoms with van der Waals surface area (Å²) in [6.45, 7) is 2.42. The van der Waals surface area contributed by atoms with Gasteiger partial charge in [0.1, 0.15) is 12.4 Å². The third kappa shape index (κ3) is 5.98. The summed E-state index contributed by atoms with van der Waals surface area (Å²) in [6, 6.07) is 12.4. The van der Waals surface area contributed by atoms with Gasteiger partial charge < -0.3 is 9.47 Å². The Balaban J connectivity index is 1.78. The highest BCUT2D eigenvalue weighted by molar-refractivity contribution is 9.10. The molecule has 2 aromatic carbocycles. The quantitative estimate of drug-likeness (QED) is 0.248. The van der Waals surface area contributed by atoms with Crippen LogP contribution in [0.3, 0.4) is 0 Å². The van der Waals surface area contributed by atoms with Gasteiger partial charge in [-0.25, -0.2) is 9.37 Å². The highest BCUT2D eigenvalue weighted by Gasteiger charge is 2.14. The van der Waals surface area contributed by atoms with Crippen molar-refractivity contribution in [2.75, 3.05) is 12.0 Å². The first kappa shape index (κ1) is 22.2. The number of nitro groups is 1. The molecule has 0 radical (unpaired) electrons. The van der Waals surface area contributed by atoms with Crippen LogP contribution in [-0.4, -0.2) is 22.7 Å². The van der Waals surface area contributed by atoms with Crippen molar-refractivity contribution in [3.8, 4) is 11.5 Å². The molecule has 0 aliphatic carbocycles. The van der Waals surface area contributed by atoms with E-state index in [4.69, 9.17) is 9.47 Å². The van der Waals surface area contributed by atoms with Crippen LogP contribution >= 0.6 is 15.9 Å². The Morgan fingerprint density at radius 3 is 2.77 bits per heavy atom. The molecule has 0 amide bonds. The average molecular weight is 489 g/mol. The molecular weight excluding hydrogens is 471 g/mol. The Morgan fingerprint density at radius 2 is 2.03 bits per heavy atom. The number of nitrogens with zero attached hydrogens (tertiary/aromatic N) is 3. The molecule has 3 rings (SSSR count). The second kappa shape index (κ2) is 10.5. The minimum absolute atomic E-state index is 0.0277. The van der Waals surface area contributed by atoms with Gasteiger partial charge >= 0.3 is 5.69 Å². The Kier molecular flexibility index (Phi) is 7.50. The fourth-order valence-corrected chi connectivity index (χ4v) is 3.04. The lowest BCUT2D eigenvalue weighted by Crippen LogP contribution is -2.02. The topological polar surface area (TPSA) is 98.9 Å². The zero-order chi connectivity index (χ0) is 22.2. The summed E-state index contributed by atoms with van der Waals surface area (Å²) in [4.78, 5) is 14.4. The smallest absolute Gasteiger partial charge is 0.313 e. The molecule has 0 saturated heterocycles. The van der Waals surface area contributed by atoms with E-state index in [1.807, 2.05) is 6.92 Å². The van der Waals surface area contributed by atoms with Crippen molar-refractivity contribution < 1.29 is 18.8 Å². The monoisotopic (exact) mass is 488 g/mol. The summed E-state index contributed by atoms with van der Waals surface area (Å²) >= 11 is 3.46. The maximum absolute atomic E-state index is 13.4. The van der Waals surface area contributed by atoms with E-state index in [1.54, 1.807) is 24.3 Å². The summed E-state index contributed by atoms with van der Waals surface area (Å²) in [5, 5.41) is 15.1. The van der Waals surface area contributed by atoms with Crippen molar-refractivity contribution in [1.29, 1.82) is 0 Å². The SMILES string of the molecule is CCOc1cc(/C=N\Nc2ncccc2[N+](=O)[O-])c(Br)cc1OCc1cccc(F)c1. The van der Waals surface area contributed by atoms with Gasteiger partial charge in [-0.1, -0.05) is 12.1 Å². The largest absolute Gasteiger partial charge is 0.490 e. The number of ether oxygens (including phenoxy) is 2. The highest BCUT2D eigenvalue weighted by atomic mass is 79.9. The lowest BCUT2D eigenvalue weighted by atomic mass is 10.2. The molecule has 0 unspecified atom stereocenters. The van der Waals surface area contributed by atoms with Gasteiger partial charge in [0.15, 0.2) is 11.5 Å². The zero-order valence-electron chi connectivity index (χ0n) is 16.4. The van der Waals surface area contributed by atoms with Crippen LogP contribution in [-0.2, 0) is 6.61 Å². The summed E-state index contributed by atoms with van der Waals surface area (Å²) in [7, 11) is 0. The van der Waals surface area contributed by atoms with Crippen LogP contribution in [0.4, 0.5) is 15.9 Å². The fourth-order valence-electron chi connectivity index (χ4n) is 2.61. The lowest BCUT2D eigenvalue weighted by Gasteiger charge is -2.14. The zero-order valence-corrected chi connectivity index (χ0v) is 18.0. The Morgan fingerprint density at radius 1 is 1.23 bits per heavy atom. The van der Waals surface area contributed by atoms with Crippen molar-refractivity contribution in [2.45, 2.75) is 13.5 Å². The molecule has 0 atom stereocenters. The molecule has 31 heavy (non-hydrogen) atoms. The first-order valence-corrected chi connectivity index (χ1v) is 9.99. The van der Waals surface area contributed by atoms with Crippen LogP contribution in [0.25, 0.3) is 0 Å². The summed E-state index contributed by atoms with van der Waals surface area (Å²) in [6.07, 6.45) is 2.90. The number of aromatic nitrogens is 1. The molecule has 0 spiro atoms. The standard InChI is InChI=1S/C21H18BrFN4O4/c1-2-30-19-10-15(12-25-26-21-18(27(28)29)7-4-8-24-21)17(22)11-20(19)31-13-14-5-3-6-16(23)9-14/h3-12H,2,13H2,1H3,(H,24,26)/b25-12-. The predicted octanol–water partition coefficient (Wildman–Crippen LogP) is 5.32.